The smallest absolute Gasteiger partial charge is 0.272 e. The summed E-state index contributed by atoms with van der Waals surface area (Å²) in [6.07, 6.45) is 1.68. The first-order chi connectivity index (χ1) is 10.2. The molecule has 3 rings (SSSR count). The summed E-state index contributed by atoms with van der Waals surface area (Å²) in [7, 11) is 3.95. The van der Waals surface area contributed by atoms with Gasteiger partial charge >= 0.3 is 0 Å². The molecule has 2 heterocycles. The van der Waals surface area contributed by atoms with E-state index in [-0.39, 0.29) is 30.7 Å². The number of carbonyl (C=O) groups is 1. The average molecular weight is 355 g/mol. The molecule has 0 aliphatic carbocycles. The Morgan fingerprint density at radius 2 is 1.91 bits per heavy atom. The molecule has 0 unspecified atom stereocenters. The molecule has 2 N–H and O–H groups in total. The van der Waals surface area contributed by atoms with Crippen molar-refractivity contribution in [2.75, 3.05) is 27.2 Å². The topological polar surface area (TPSA) is 61.0 Å². The molecule has 1 amide bonds. The summed E-state index contributed by atoms with van der Waals surface area (Å²) in [4.78, 5) is 21.9. The van der Waals surface area contributed by atoms with Crippen molar-refractivity contribution in [3.8, 4) is 0 Å². The molecule has 0 aliphatic rings. The minimum atomic E-state index is -0.144. The highest BCUT2D eigenvalue weighted by molar-refractivity contribution is 6.13. The molecule has 2 aromatic heterocycles. The molecule has 1 aromatic carbocycles. The Bertz CT molecular complexity index is 801. The first kappa shape index (κ1) is 19.2. The average Bonchev–Trinajstić information content (AvgIpc) is 2.85. The Labute approximate surface area is 147 Å². The van der Waals surface area contributed by atoms with Gasteiger partial charge in [0.1, 0.15) is 0 Å². The van der Waals surface area contributed by atoms with Crippen LogP contribution >= 0.6 is 24.8 Å². The zero-order valence-electron chi connectivity index (χ0n) is 13.0. The number of rotatable bonds is 4. The van der Waals surface area contributed by atoms with E-state index < -0.39 is 0 Å². The Kier molecular flexibility index (Phi) is 6.81. The Morgan fingerprint density at radius 1 is 1.17 bits per heavy atom. The first-order valence-electron chi connectivity index (χ1n) is 6.95. The quantitative estimate of drug-likeness (QED) is 0.757. The summed E-state index contributed by atoms with van der Waals surface area (Å²) < 4.78 is 0. The maximum Gasteiger partial charge on any atom is 0.272 e. The van der Waals surface area contributed by atoms with Gasteiger partial charge < -0.3 is 15.2 Å². The highest BCUT2D eigenvalue weighted by atomic mass is 35.5. The number of benzene rings is 1. The maximum absolute atomic E-state index is 12.3. The van der Waals surface area contributed by atoms with Gasteiger partial charge in [-0.05, 0) is 26.2 Å². The Hall–Kier alpha value is -1.82. The van der Waals surface area contributed by atoms with Crippen molar-refractivity contribution in [3.05, 3.63) is 42.2 Å². The van der Waals surface area contributed by atoms with Gasteiger partial charge in [0.2, 0.25) is 0 Å². The largest absolute Gasteiger partial charge is 0.353 e. The van der Waals surface area contributed by atoms with Gasteiger partial charge in [0.05, 0.1) is 5.52 Å². The van der Waals surface area contributed by atoms with E-state index in [9.17, 15) is 4.79 Å². The maximum atomic E-state index is 12.3. The summed E-state index contributed by atoms with van der Waals surface area (Å²) in [6, 6.07) is 9.95. The molecule has 3 aromatic rings. The summed E-state index contributed by atoms with van der Waals surface area (Å²) in [5.74, 6) is -0.144. The van der Waals surface area contributed by atoms with Crippen molar-refractivity contribution in [2.45, 2.75) is 0 Å². The third-order valence-electron chi connectivity index (χ3n) is 3.49. The zero-order valence-corrected chi connectivity index (χ0v) is 14.6. The fourth-order valence-electron chi connectivity index (χ4n) is 2.42. The summed E-state index contributed by atoms with van der Waals surface area (Å²) in [5, 5.41) is 5.04. The minimum absolute atomic E-state index is 0. The van der Waals surface area contributed by atoms with Crippen LogP contribution in [-0.4, -0.2) is 48.0 Å². The number of aromatic nitrogens is 2. The molecule has 0 saturated carbocycles. The number of halogens is 2. The molecule has 23 heavy (non-hydrogen) atoms. The van der Waals surface area contributed by atoms with E-state index in [1.54, 1.807) is 6.20 Å². The molecule has 0 radical (unpaired) electrons. The van der Waals surface area contributed by atoms with Crippen LogP contribution in [0.1, 0.15) is 10.5 Å². The molecule has 0 saturated heterocycles. The van der Waals surface area contributed by atoms with Gasteiger partial charge in [0, 0.05) is 35.6 Å². The van der Waals surface area contributed by atoms with Crippen LogP contribution in [0.15, 0.2) is 36.5 Å². The second-order valence-corrected chi connectivity index (χ2v) is 5.31. The van der Waals surface area contributed by atoms with Crippen molar-refractivity contribution in [2.24, 2.45) is 0 Å². The number of pyridine rings is 1. The van der Waals surface area contributed by atoms with Crippen molar-refractivity contribution in [3.63, 3.8) is 0 Å². The molecule has 0 fully saturated rings. The van der Waals surface area contributed by atoms with E-state index in [1.807, 2.05) is 49.3 Å². The second kappa shape index (κ2) is 8.15. The molecular weight excluding hydrogens is 335 g/mol. The van der Waals surface area contributed by atoms with Gasteiger partial charge in [-0.2, -0.15) is 0 Å². The number of hydrogen-bond donors (Lipinski definition) is 2. The third kappa shape index (κ3) is 3.93. The number of para-hydroxylation sites is 1. The van der Waals surface area contributed by atoms with Crippen molar-refractivity contribution in [1.82, 2.24) is 20.2 Å². The third-order valence-corrected chi connectivity index (χ3v) is 3.49. The van der Waals surface area contributed by atoms with Crippen LogP contribution in [0.4, 0.5) is 0 Å². The lowest BCUT2D eigenvalue weighted by Crippen LogP contribution is -2.31. The summed E-state index contributed by atoms with van der Waals surface area (Å²) in [6.45, 7) is 1.40. The number of hydrogen-bond acceptors (Lipinski definition) is 3. The van der Waals surface area contributed by atoms with Gasteiger partial charge in [-0.25, -0.2) is 4.98 Å². The predicted octanol–water partition coefficient (Wildman–Crippen LogP) is 2.85. The lowest BCUT2D eigenvalue weighted by molar-refractivity contribution is 0.0948. The van der Waals surface area contributed by atoms with Crippen LogP contribution in [0.25, 0.3) is 21.8 Å². The molecule has 0 atom stereocenters. The highest BCUT2D eigenvalue weighted by Gasteiger charge is 2.14. The van der Waals surface area contributed by atoms with Gasteiger partial charge in [-0.15, -0.1) is 24.8 Å². The zero-order chi connectivity index (χ0) is 14.8. The minimum Gasteiger partial charge on any atom is -0.353 e. The molecule has 0 bridgehead atoms. The first-order valence-corrected chi connectivity index (χ1v) is 6.95. The fourth-order valence-corrected chi connectivity index (χ4v) is 2.42. The van der Waals surface area contributed by atoms with Crippen LogP contribution < -0.4 is 5.32 Å². The molecule has 0 aliphatic heterocycles. The Morgan fingerprint density at radius 3 is 2.65 bits per heavy atom. The molecule has 0 spiro atoms. The number of fused-ring (bicyclic) bond motifs is 3. The van der Waals surface area contributed by atoms with Gasteiger partial charge in [-0.1, -0.05) is 18.2 Å². The number of amides is 1. The van der Waals surface area contributed by atoms with E-state index in [1.165, 1.54) is 0 Å². The van der Waals surface area contributed by atoms with Gasteiger partial charge in [0.15, 0.2) is 5.69 Å². The standard InChI is InChI=1S/C16H18N4O.2ClH/c1-20(2)10-9-18-16(21)15-14-12(7-8-17-15)11-5-3-4-6-13(11)19-14;;/h3-8,19H,9-10H2,1-2H3,(H,18,21);2*1H. The number of carbonyl (C=O) groups excluding carboxylic acids is 1. The van der Waals surface area contributed by atoms with Gasteiger partial charge in [-0.3, -0.25) is 4.79 Å². The van der Waals surface area contributed by atoms with E-state index >= 15 is 0 Å². The monoisotopic (exact) mass is 354 g/mol. The SMILES string of the molecule is CN(C)CCNC(=O)c1nccc2c1[nH]c1ccccc12.Cl.Cl. The van der Waals surface area contributed by atoms with Crippen LogP contribution in [0.3, 0.4) is 0 Å². The van der Waals surface area contributed by atoms with E-state index in [2.05, 4.69) is 15.3 Å². The second-order valence-electron chi connectivity index (χ2n) is 5.31. The summed E-state index contributed by atoms with van der Waals surface area (Å²) in [5.41, 5.74) is 2.26. The lowest BCUT2D eigenvalue weighted by atomic mass is 10.1. The van der Waals surface area contributed by atoms with Crippen LogP contribution in [0.2, 0.25) is 0 Å². The van der Waals surface area contributed by atoms with Crippen molar-refractivity contribution in [1.29, 1.82) is 0 Å². The lowest BCUT2D eigenvalue weighted by Gasteiger charge is -2.10. The van der Waals surface area contributed by atoms with Crippen LogP contribution in [0.5, 0.6) is 0 Å². The predicted molar refractivity (Wildman–Crippen MR) is 99.0 cm³/mol. The molecule has 124 valence electrons. The van der Waals surface area contributed by atoms with E-state index in [0.29, 0.717) is 12.2 Å². The Balaban J connectivity index is 0.00000132. The normalized spacial score (nSPS) is 10.4. The number of H-pyrrole nitrogens is 1. The number of nitrogens with one attached hydrogen (secondary N) is 2. The van der Waals surface area contributed by atoms with Crippen molar-refractivity contribution >= 4 is 52.5 Å². The fraction of sp³-hybridized carbons (Fsp3) is 0.250. The number of aromatic amines is 1. The molecular formula is C16H20Cl2N4O. The van der Waals surface area contributed by atoms with Crippen LogP contribution in [-0.2, 0) is 0 Å². The van der Waals surface area contributed by atoms with Crippen LogP contribution in [0, 0.1) is 0 Å². The number of likely N-dealkylation sites (N-methyl/N-ethyl adjacent to an activating group) is 1. The molecule has 7 heteroatoms. The number of nitrogens with zero attached hydrogens (tertiary/aromatic N) is 2. The van der Waals surface area contributed by atoms with E-state index in [0.717, 1.165) is 28.4 Å². The van der Waals surface area contributed by atoms with E-state index in [4.69, 9.17) is 0 Å². The molecule has 5 nitrogen and oxygen atoms in total. The highest BCUT2D eigenvalue weighted by Crippen LogP contribution is 2.26. The van der Waals surface area contributed by atoms with Gasteiger partial charge in [0.25, 0.3) is 5.91 Å². The summed E-state index contributed by atoms with van der Waals surface area (Å²) >= 11 is 0. The van der Waals surface area contributed by atoms with Crippen molar-refractivity contribution < 1.29 is 4.79 Å².